The van der Waals surface area contributed by atoms with Crippen LogP contribution in [-0.4, -0.2) is 51.5 Å². The second-order valence-electron chi connectivity index (χ2n) is 6.31. The van der Waals surface area contributed by atoms with Crippen molar-refractivity contribution in [2.45, 2.75) is 38.4 Å². The molecule has 2 atom stereocenters. The lowest BCUT2D eigenvalue weighted by atomic mass is 10.0. The number of aliphatic imine (C=N–C) groups is 1. The predicted molar refractivity (Wildman–Crippen MR) is 96.0 cm³/mol. The van der Waals surface area contributed by atoms with Gasteiger partial charge in [-0.1, -0.05) is 0 Å². The molecule has 0 bridgehead atoms. The van der Waals surface area contributed by atoms with Crippen molar-refractivity contribution in [3.05, 3.63) is 24.3 Å². The van der Waals surface area contributed by atoms with Gasteiger partial charge in [-0.05, 0) is 51.0 Å². The highest BCUT2D eigenvalue weighted by Crippen LogP contribution is 2.23. The molecule has 0 aliphatic carbocycles. The molecule has 0 spiro atoms. The molecule has 1 heterocycles. The zero-order valence-electron chi connectivity index (χ0n) is 15.1. The lowest BCUT2D eigenvalue weighted by Gasteiger charge is -2.25. The van der Waals surface area contributed by atoms with Crippen molar-refractivity contribution in [2.75, 3.05) is 33.9 Å². The van der Waals surface area contributed by atoms with E-state index >= 15 is 0 Å². The number of hydrogen-bond acceptors (Lipinski definition) is 4. The quantitative estimate of drug-likeness (QED) is 0.591. The average Bonchev–Trinajstić information content (AvgIpc) is 3.02. The van der Waals surface area contributed by atoms with Crippen LogP contribution in [-0.2, 0) is 4.74 Å². The molecule has 1 aliphatic heterocycles. The van der Waals surface area contributed by atoms with Crippen molar-refractivity contribution in [3.8, 4) is 11.5 Å². The lowest BCUT2D eigenvalue weighted by molar-refractivity contribution is 0.0242. The van der Waals surface area contributed by atoms with E-state index in [0.717, 1.165) is 43.5 Å². The monoisotopic (exact) mass is 335 g/mol. The van der Waals surface area contributed by atoms with E-state index in [4.69, 9.17) is 14.2 Å². The minimum absolute atomic E-state index is 0.00950. The van der Waals surface area contributed by atoms with Crippen molar-refractivity contribution in [1.29, 1.82) is 0 Å². The van der Waals surface area contributed by atoms with E-state index in [-0.39, 0.29) is 11.7 Å². The third-order valence-corrected chi connectivity index (χ3v) is 4.11. The summed E-state index contributed by atoms with van der Waals surface area (Å²) in [6.07, 6.45) is 2.21. The molecule has 2 rings (SSSR count). The first kappa shape index (κ1) is 18.4. The molecule has 1 fully saturated rings. The molecule has 1 aromatic rings. The van der Waals surface area contributed by atoms with Gasteiger partial charge in [0.25, 0.3) is 0 Å². The Hall–Kier alpha value is -1.95. The summed E-state index contributed by atoms with van der Waals surface area (Å²) in [7, 11) is 3.42. The summed E-state index contributed by atoms with van der Waals surface area (Å²) in [4.78, 5) is 4.25. The third kappa shape index (κ3) is 5.60. The van der Waals surface area contributed by atoms with Crippen molar-refractivity contribution >= 4 is 5.96 Å². The van der Waals surface area contributed by atoms with Gasteiger partial charge in [0.1, 0.15) is 17.6 Å². The number of rotatable bonds is 7. The van der Waals surface area contributed by atoms with Crippen LogP contribution in [0.1, 0.15) is 26.7 Å². The summed E-state index contributed by atoms with van der Waals surface area (Å²) in [5, 5.41) is 6.61. The zero-order valence-corrected chi connectivity index (χ0v) is 15.1. The lowest BCUT2D eigenvalue weighted by Crippen LogP contribution is -2.47. The Morgan fingerprint density at radius 2 is 2.00 bits per heavy atom. The van der Waals surface area contributed by atoms with E-state index in [0.29, 0.717) is 6.54 Å². The molecule has 0 radical (unpaired) electrons. The summed E-state index contributed by atoms with van der Waals surface area (Å²) in [5.41, 5.74) is -0.0944. The first-order valence-electron chi connectivity index (χ1n) is 8.44. The number of benzene rings is 1. The molecule has 0 saturated carbocycles. The predicted octanol–water partition coefficient (Wildman–Crippen LogP) is 2.20. The minimum Gasteiger partial charge on any atom is -0.497 e. The summed E-state index contributed by atoms with van der Waals surface area (Å²) in [5.74, 6) is 2.40. The van der Waals surface area contributed by atoms with Gasteiger partial charge >= 0.3 is 0 Å². The van der Waals surface area contributed by atoms with E-state index in [1.165, 1.54) is 0 Å². The molecule has 2 unspecified atom stereocenters. The fraction of sp³-hybridized carbons (Fsp3) is 0.611. The first-order chi connectivity index (χ1) is 11.5. The molecule has 1 aromatic carbocycles. The van der Waals surface area contributed by atoms with Crippen LogP contribution in [0, 0.1) is 0 Å². The smallest absolute Gasteiger partial charge is 0.191 e. The molecule has 2 N–H and O–H groups in total. The number of nitrogens with one attached hydrogen (secondary N) is 2. The number of nitrogens with zero attached hydrogens (tertiary/aromatic N) is 1. The molecular weight excluding hydrogens is 306 g/mol. The number of hydrogen-bond donors (Lipinski definition) is 2. The largest absolute Gasteiger partial charge is 0.497 e. The summed E-state index contributed by atoms with van der Waals surface area (Å²) >= 11 is 0. The van der Waals surface area contributed by atoms with E-state index in [1.54, 1.807) is 14.2 Å². The molecule has 24 heavy (non-hydrogen) atoms. The highest BCUT2D eigenvalue weighted by molar-refractivity contribution is 5.79. The van der Waals surface area contributed by atoms with Crippen LogP contribution in [0.2, 0.25) is 0 Å². The van der Waals surface area contributed by atoms with Gasteiger partial charge in [-0.15, -0.1) is 0 Å². The van der Waals surface area contributed by atoms with E-state index in [1.807, 2.05) is 31.2 Å². The summed E-state index contributed by atoms with van der Waals surface area (Å²) in [6, 6.07) is 7.58. The Morgan fingerprint density at radius 1 is 1.29 bits per heavy atom. The van der Waals surface area contributed by atoms with Crippen LogP contribution in [0.3, 0.4) is 0 Å². The van der Waals surface area contributed by atoms with Gasteiger partial charge < -0.3 is 24.8 Å². The second kappa shape index (κ2) is 8.78. The van der Waals surface area contributed by atoms with Gasteiger partial charge in [-0.3, -0.25) is 4.99 Å². The average molecular weight is 335 g/mol. The van der Waals surface area contributed by atoms with Gasteiger partial charge in [-0.2, -0.15) is 0 Å². The first-order valence-corrected chi connectivity index (χ1v) is 8.44. The van der Waals surface area contributed by atoms with Gasteiger partial charge in [0.15, 0.2) is 5.96 Å². The van der Waals surface area contributed by atoms with Gasteiger partial charge in [0, 0.05) is 20.2 Å². The molecule has 1 aliphatic rings. The van der Waals surface area contributed by atoms with Crippen molar-refractivity contribution in [1.82, 2.24) is 10.6 Å². The normalized spacial score (nSPS) is 22.1. The number of ether oxygens (including phenoxy) is 3. The summed E-state index contributed by atoms with van der Waals surface area (Å²) in [6.45, 7) is 6.40. The zero-order chi connectivity index (χ0) is 17.4. The minimum atomic E-state index is -0.0944. The Kier molecular flexibility index (Phi) is 6.73. The molecule has 6 heteroatoms. The maximum atomic E-state index is 5.88. The van der Waals surface area contributed by atoms with E-state index in [9.17, 15) is 0 Å². The SMILES string of the molecule is CN=C(NCC(C)Oc1ccc(OC)cc1)NCC1(C)CCCO1. The molecule has 1 saturated heterocycles. The van der Waals surface area contributed by atoms with Gasteiger partial charge in [-0.25, -0.2) is 0 Å². The van der Waals surface area contributed by atoms with E-state index in [2.05, 4.69) is 22.5 Å². The topological polar surface area (TPSA) is 64.1 Å². The van der Waals surface area contributed by atoms with Crippen LogP contribution >= 0.6 is 0 Å². The van der Waals surface area contributed by atoms with E-state index < -0.39 is 0 Å². The number of guanidine groups is 1. The molecule has 0 aromatic heterocycles. The number of methoxy groups -OCH3 is 1. The van der Waals surface area contributed by atoms with Crippen LogP contribution < -0.4 is 20.1 Å². The van der Waals surface area contributed by atoms with Gasteiger partial charge in [0.05, 0.1) is 19.3 Å². The molecule has 0 amide bonds. The van der Waals surface area contributed by atoms with Crippen molar-refractivity contribution < 1.29 is 14.2 Å². The fourth-order valence-corrected chi connectivity index (χ4v) is 2.64. The van der Waals surface area contributed by atoms with Crippen LogP contribution in [0.4, 0.5) is 0 Å². The molecule has 6 nitrogen and oxygen atoms in total. The molecular formula is C18H29N3O3. The van der Waals surface area contributed by atoms with Crippen LogP contribution in [0.25, 0.3) is 0 Å². The Bertz CT molecular complexity index is 525. The standard InChI is InChI=1S/C18H29N3O3/c1-14(24-16-8-6-15(22-4)7-9-16)12-20-17(19-3)21-13-18(2)10-5-11-23-18/h6-9,14H,5,10-13H2,1-4H3,(H2,19,20,21). The Morgan fingerprint density at radius 3 is 2.58 bits per heavy atom. The van der Waals surface area contributed by atoms with Crippen LogP contribution in [0.15, 0.2) is 29.3 Å². The van der Waals surface area contributed by atoms with Crippen molar-refractivity contribution in [3.63, 3.8) is 0 Å². The maximum absolute atomic E-state index is 5.88. The van der Waals surface area contributed by atoms with Crippen LogP contribution in [0.5, 0.6) is 11.5 Å². The highest BCUT2D eigenvalue weighted by atomic mass is 16.5. The van der Waals surface area contributed by atoms with Crippen molar-refractivity contribution in [2.24, 2.45) is 4.99 Å². The third-order valence-electron chi connectivity index (χ3n) is 4.11. The maximum Gasteiger partial charge on any atom is 0.191 e. The Labute approximate surface area is 144 Å². The second-order valence-corrected chi connectivity index (χ2v) is 6.31. The summed E-state index contributed by atoms with van der Waals surface area (Å²) < 4.78 is 16.8. The highest BCUT2D eigenvalue weighted by Gasteiger charge is 2.29. The molecule has 134 valence electrons. The van der Waals surface area contributed by atoms with Gasteiger partial charge in [0.2, 0.25) is 0 Å². The fourth-order valence-electron chi connectivity index (χ4n) is 2.64. The Balaban J connectivity index is 1.73.